The van der Waals surface area contributed by atoms with Crippen LogP contribution < -0.4 is 10.1 Å². The van der Waals surface area contributed by atoms with Crippen molar-refractivity contribution < 1.29 is 9.66 Å². The number of imidazole rings is 1. The van der Waals surface area contributed by atoms with Gasteiger partial charge in [0.15, 0.2) is 0 Å². The summed E-state index contributed by atoms with van der Waals surface area (Å²) in [5.74, 6) is 0.0172. The van der Waals surface area contributed by atoms with E-state index in [1.807, 2.05) is 0 Å². The first-order valence-corrected chi connectivity index (χ1v) is 4.97. The third kappa shape index (κ3) is 2.34. The normalized spacial score (nSPS) is 10.1. The Hall–Kier alpha value is -2.71. The summed E-state index contributed by atoms with van der Waals surface area (Å²) in [4.78, 5) is 24.6. The Morgan fingerprint density at radius 2 is 2.39 bits per heavy atom. The number of hydrogen-bond acceptors (Lipinski definition) is 7. The lowest BCUT2D eigenvalue weighted by Crippen LogP contribution is -2.07. The number of nitro groups is 1. The average molecular weight is 250 g/mol. The van der Waals surface area contributed by atoms with Gasteiger partial charge in [-0.25, -0.2) is 9.97 Å². The molecular formula is C9H10N6O3. The molecule has 0 amide bonds. The summed E-state index contributed by atoms with van der Waals surface area (Å²) >= 11 is 0. The molecule has 0 aliphatic heterocycles. The molecule has 2 aromatic heterocycles. The van der Waals surface area contributed by atoms with Gasteiger partial charge in [0.1, 0.15) is 6.33 Å². The summed E-state index contributed by atoms with van der Waals surface area (Å²) in [6, 6.07) is 0. The Kier molecular flexibility index (Phi) is 3.32. The fraction of sp³-hybridized carbons (Fsp3) is 0.222. The molecule has 2 heterocycles. The van der Waals surface area contributed by atoms with Crippen molar-refractivity contribution in [2.24, 2.45) is 0 Å². The van der Waals surface area contributed by atoms with E-state index < -0.39 is 4.92 Å². The predicted octanol–water partition coefficient (Wildman–Crippen LogP) is 0.729. The molecular weight excluding hydrogens is 240 g/mol. The minimum absolute atomic E-state index is 0.0814. The molecule has 0 aromatic carbocycles. The molecule has 0 atom stereocenters. The smallest absolute Gasteiger partial charge is 0.372 e. The topological polar surface area (TPSA) is 119 Å². The fourth-order valence-electron chi connectivity index (χ4n) is 1.37. The molecule has 2 aromatic rings. The van der Waals surface area contributed by atoms with Gasteiger partial charge in [-0.3, -0.25) is 10.1 Å². The number of rotatable bonds is 5. The largest absolute Gasteiger partial charge is 0.476 e. The second-order valence-corrected chi connectivity index (χ2v) is 3.27. The van der Waals surface area contributed by atoms with Crippen LogP contribution in [0.3, 0.4) is 0 Å². The van der Waals surface area contributed by atoms with Crippen LogP contribution in [0, 0.1) is 10.1 Å². The number of aromatic amines is 1. The number of H-pyrrole nitrogens is 1. The van der Waals surface area contributed by atoms with E-state index in [1.54, 1.807) is 6.20 Å². The third-order valence-corrected chi connectivity index (χ3v) is 2.17. The maximum absolute atomic E-state index is 10.9. The predicted molar refractivity (Wildman–Crippen MR) is 61.2 cm³/mol. The lowest BCUT2D eigenvalue weighted by Gasteiger charge is -2.06. The zero-order valence-corrected chi connectivity index (χ0v) is 9.45. The minimum atomic E-state index is -0.589. The van der Waals surface area contributed by atoms with Gasteiger partial charge in [0.25, 0.3) is 5.88 Å². The van der Waals surface area contributed by atoms with Gasteiger partial charge >= 0.3 is 5.69 Å². The van der Waals surface area contributed by atoms with E-state index in [2.05, 4.69) is 25.3 Å². The summed E-state index contributed by atoms with van der Waals surface area (Å²) in [7, 11) is 1.31. The number of methoxy groups -OCH3 is 1. The van der Waals surface area contributed by atoms with Crippen molar-refractivity contribution >= 4 is 11.5 Å². The van der Waals surface area contributed by atoms with Crippen LogP contribution in [0.2, 0.25) is 0 Å². The molecule has 0 saturated heterocycles. The van der Waals surface area contributed by atoms with Crippen molar-refractivity contribution in [3.05, 3.63) is 34.7 Å². The van der Waals surface area contributed by atoms with Crippen LogP contribution in [-0.2, 0) is 6.54 Å². The zero-order valence-electron chi connectivity index (χ0n) is 9.45. The highest BCUT2D eigenvalue weighted by Gasteiger charge is 2.23. The first-order valence-electron chi connectivity index (χ1n) is 4.97. The molecule has 0 aliphatic rings. The molecule has 0 spiro atoms. The van der Waals surface area contributed by atoms with Crippen LogP contribution in [-0.4, -0.2) is 32.0 Å². The van der Waals surface area contributed by atoms with E-state index in [-0.39, 0.29) is 17.4 Å². The van der Waals surface area contributed by atoms with E-state index in [4.69, 9.17) is 4.74 Å². The molecule has 9 nitrogen and oxygen atoms in total. The Morgan fingerprint density at radius 1 is 1.56 bits per heavy atom. The molecule has 0 bridgehead atoms. The Bertz CT molecular complexity index is 541. The van der Waals surface area contributed by atoms with Crippen molar-refractivity contribution in [2.45, 2.75) is 6.54 Å². The van der Waals surface area contributed by atoms with Gasteiger partial charge in [0.05, 0.1) is 30.6 Å². The van der Waals surface area contributed by atoms with Gasteiger partial charge in [0, 0.05) is 6.20 Å². The van der Waals surface area contributed by atoms with Gasteiger partial charge in [-0.2, -0.15) is 4.98 Å². The third-order valence-electron chi connectivity index (χ3n) is 2.17. The number of aromatic nitrogens is 4. The highest BCUT2D eigenvalue weighted by atomic mass is 16.6. The highest BCUT2D eigenvalue weighted by molar-refractivity contribution is 5.61. The Morgan fingerprint density at radius 3 is 3.00 bits per heavy atom. The van der Waals surface area contributed by atoms with Crippen LogP contribution >= 0.6 is 0 Å². The maximum atomic E-state index is 10.9. The second kappa shape index (κ2) is 5.08. The summed E-state index contributed by atoms with van der Waals surface area (Å²) in [5.41, 5.74) is 0.487. The Balaban J connectivity index is 2.24. The van der Waals surface area contributed by atoms with E-state index in [0.717, 1.165) is 5.69 Å². The molecule has 0 aliphatic carbocycles. The van der Waals surface area contributed by atoms with Gasteiger partial charge in [-0.1, -0.05) is 0 Å². The number of nitrogens with one attached hydrogen (secondary N) is 2. The lowest BCUT2D eigenvalue weighted by molar-refractivity contribution is -0.385. The molecule has 0 unspecified atom stereocenters. The van der Waals surface area contributed by atoms with E-state index in [9.17, 15) is 10.1 Å². The quantitative estimate of drug-likeness (QED) is 0.592. The number of hydrogen-bond donors (Lipinski definition) is 2. The molecule has 0 fully saturated rings. The lowest BCUT2D eigenvalue weighted by atomic mass is 10.4. The van der Waals surface area contributed by atoms with Crippen LogP contribution in [0.5, 0.6) is 5.88 Å². The van der Waals surface area contributed by atoms with Crippen LogP contribution in [0.1, 0.15) is 5.69 Å². The van der Waals surface area contributed by atoms with Crippen molar-refractivity contribution in [3.8, 4) is 5.88 Å². The minimum Gasteiger partial charge on any atom is -0.476 e. The zero-order chi connectivity index (χ0) is 13.0. The van der Waals surface area contributed by atoms with Crippen molar-refractivity contribution in [3.63, 3.8) is 0 Å². The standard InChI is InChI=1S/C9H10N6O3/c1-18-9-7(15(16)17)8(13-5-14-9)11-3-6-2-10-4-12-6/h2,4-5H,3H2,1H3,(H,10,12)(H,11,13,14). The maximum Gasteiger partial charge on any atom is 0.372 e. The second-order valence-electron chi connectivity index (χ2n) is 3.27. The van der Waals surface area contributed by atoms with Gasteiger partial charge < -0.3 is 15.0 Å². The average Bonchev–Trinajstić information content (AvgIpc) is 2.88. The molecule has 9 heteroatoms. The molecule has 0 radical (unpaired) electrons. The van der Waals surface area contributed by atoms with Crippen LogP contribution in [0.4, 0.5) is 11.5 Å². The van der Waals surface area contributed by atoms with Gasteiger partial charge in [-0.15, -0.1) is 0 Å². The van der Waals surface area contributed by atoms with Gasteiger partial charge in [-0.05, 0) is 0 Å². The van der Waals surface area contributed by atoms with Crippen molar-refractivity contribution in [1.29, 1.82) is 0 Å². The first kappa shape index (κ1) is 11.8. The molecule has 2 N–H and O–H groups in total. The molecule has 2 rings (SSSR count). The fourth-order valence-corrected chi connectivity index (χ4v) is 1.37. The van der Waals surface area contributed by atoms with E-state index in [0.29, 0.717) is 6.54 Å². The monoisotopic (exact) mass is 250 g/mol. The summed E-state index contributed by atoms with van der Waals surface area (Å²) in [5, 5.41) is 13.8. The highest BCUT2D eigenvalue weighted by Crippen LogP contribution is 2.30. The van der Waals surface area contributed by atoms with Crippen LogP contribution in [0.15, 0.2) is 18.9 Å². The summed E-state index contributed by atoms with van der Waals surface area (Å²) in [6.45, 7) is 0.334. The summed E-state index contributed by atoms with van der Waals surface area (Å²) in [6.07, 6.45) is 4.32. The Labute approximate surface area is 101 Å². The molecule has 94 valence electrons. The van der Waals surface area contributed by atoms with Crippen molar-refractivity contribution in [2.75, 3.05) is 12.4 Å². The number of nitrogens with zero attached hydrogens (tertiary/aromatic N) is 4. The first-order chi connectivity index (χ1) is 8.72. The number of anilines is 1. The van der Waals surface area contributed by atoms with Crippen LogP contribution in [0.25, 0.3) is 0 Å². The van der Waals surface area contributed by atoms with Gasteiger partial charge in [0.2, 0.25) is 5.82 Å². The van der Waals surface area contributed by atoms with E-state index in [1.165, 1.54) is 19.8 Å². The molecule has 18 heavy (non-hydrogen) atoms. The molecule has 0 saturated carbocycles. The number of ether oxygens (including phenoxy) is 1. The van der Waals surface area contributed by atoms with E-state index >= 15 is 0 Å². The SMILES string of the molecule is COc1ncnc(NCc2cnc[nH]2)c1[N+](=O)[O-]. The van der Waals surface area contributed by atoms with Crippen molar-refractivity contribution in [1.82, 2.24) is 19.9 Å². The summed E-state index contributed by atoms with van der Waals surface area (Å²) < 4.78 is 4.83.